The van der Waals surface area contributed by atoms with Crippen LogP contribution in [0.4, 0.5) is 5.69 Å². The van der Waals surface area contributed by atoms with Crippen LogP contribution in [0.15, 0.2) is 60.7 Å². The third kappa shape index (κ3) is 2.04. The Morgan fingerprint density at radius 2 is 1.60 bits per heavy atom. The number of nitrogens with zero attached hydrogens (tertiary/aromatic N) is 1. The first-order valence-electron chi connectivity index (χ1n) is 8.04. The van der Waals surface area contributed by atoms with Crippen LogP contribution < -0.4 is 10.2 Å². The third-order valence-corrected chi connectivity index (χ3v) is 5.07. The topological polar surface area (TPSA) is 86.7 Å². The van der Waals surface area contributed by atoms with Gasteiger partial charge in [0.15, 0.2) is 5.54 Å². The van der Waals surface area contributed by atoms with E-state index in [1.165, 1.54) is 0 Å². The second kappa shape index (κ2) is 5.53. The zero-order valence-electron chi connectivity index (χ0n) is 13.3. The highest BCUT2D eigenvalue weighted by Crippen LogP contribution is 2.46. The molecule has 0 aromatic heterocycles. The molecule has 126 valence electrons. The van der Waals surface area contributed by atoms with Crippen molar-refractivity contribution in [3.63, 3.8) is 0 Å². The van der Waals surface area contributed by atoms with Crippen LogP contribution in [-0.2, 0) is 19.9 Å². The molecule has 4 rings (SSSR count). The summed E-state index contributed by atoms with van der Waals surface area (Å²) in [5.41, 5.74) is -0.646. The van der Waals surface area contributed by atoms with Gasteiger partial charge in [-0.1, -0.05) is 48.5 Å². The second-order valence-electron chi connectivity index (χ2n) is 6.29. The maximum atomic E-state index is 13.1. The molecule has 0 saturated carbocycles. The Bertz CT molecular complexity index is 852. The van der Waals surface area contributed by atoms with E-state index in [-0.39, 0.29) is 12.5 Å². The number of amides is 2. The van der Waals surface area contributed by atoms with Crippen molar-refractivity contribution in [3.05, 3.63) is 66.2 Å². The second-order valence-corrected chi connectivity index (χ2v) is 6.29. The summed E-state index contributed by atoms with van der Waals surface area (Å²) in [6.45, 7) is 0.153. The number of fused-ring (bicyclic) bond motifs is 1. The van der Waals surface area contributed by atoms with E-state index in [1.807, 2.05) is 0 Å². The number of carboxylic acid groups (broad SMARTS) is 1. The molecule has 25 heavy (non-hydrogen) atoms. The SMILES string of the molecule is O=C1[C@H]2CN[C@](C(=O)O)(c3ccccc3)[C@H]2C(=O)N1c1ccccc1. The Kier molecular flexibility index (Phi) is 3.43. The Morgan fingerprint density at radius 1 is 1.00 bits per heavy atom. The predicted molar refractivity (Wildman–Crippen MR) is 89.7 cm³/mol. The molecule has 0 spiro atoms. The zero-order valence-corrected chi connectivity index (χ0v) is 13.3. The maximum absolute atomic E-state index is 13.1. The minimum Gasteiger partial charge on any atom is -0.480 e. The lowest BCUT2D eigenvalue weighted by Crippen LogP contribution is -2.52. The van der Waals surface area contributed by atoms with Crippen LogP contribution >= 0.6 is 0 Å². The van der Waals surface area contributed by atoms with E-state index in [9.17, 15) is 19.5 Å². The molecule has 0 unspecified atom stereocenters. The van der Waals surface area contributed by atoms with Crippen LogP contribution in [0.3, 0.4) is 0 Å². The highest BCUT2D eigenvalue weighted by Gasteiger charge is 2.65. The summed E-state index contributed by atoms with van der Waals surface area (Å²) in [5.74, 6) is -3.64. The molecular weight excluding hydrogens is 320 g/mol. The van der Waals surface area contributed by atoms with E-state index >= 15 is 0 Å². The van der Waals surface area contributed by atoms with Gasteiger partial charge < -0.3 is 5.11 Å². The summed E-state index contributed by atoms with van der Waals surface area (Å²) in [7, 11) is 0. The average Bonchev–Trinajstić information content (AvgIpc) is 3.15. The quantitative estimate of drug-likeness (QED) is 0.827. The number of anilines is 1. The Labute approximate surface area is 144 Å². The van der Waals surface area contributed by atoms with Gasteiger partial charge in [-0.25, -0.2) is 9.69 Å². The van der Waals surface area contributed by atoms with Crippen LogP contribution in [0.1, 0.15) is 5.56 Å². The smallest absolute Gasteiger partial charge is 0.329 e. The van der Waals surface area contributed by atoms with E-state index in [4.69, 9.17) is 0 Å². The number of nitrogens with one attached hydrogen (secondary N) is 1. The maximum Gasteiger partial charge on any atom is 0.329 e. The van der Waals surface area contributed by atoms with Crippen LogP contribution in [0.2, 0.25) is 0 Å². The Balaban J connectivity index is 1.83. The first-order chi connectivity index (χ1) is 12.1. The van der Waals surface area contributed by atoms with Gasteiger partial charge in [0.1, 0.15) is 0 Å². The molecule has 2 N–H and O–H groups in total. The third-order valence-electron chi connectivity index (χ3n) is 5.07. The zero-order chi connectivity index (χ0) is 17.6. The molecule has 2 fully saturated rings. The molecule has 3 atom stereocenters. The van der Waals surface area contributed by atoms with Crippen molar-refractivity contribution in [1.29, 1.82) is 0 Å². The lowest BCUT2D eigenvalue weighted by Gasteiger charge is -2.30. The fourth-order valence-electron chi connectivity index (χ4n) is 3.95. The normalized spacial score (nSPS) is 28.2. The van der Waals surface area contributed by atoms with Crippen LogP contribution in [-0.4, -0.2) is 29.4 Å². The van der Waals surface area contributed by atoms with Gasteiger partial charge in [-0.05, 0) is 17.7 Å². The monoisotopic (exact) mass is 336 g/mol. The molecule has 6 nitrogen and oxygen atoms in total. The molecule has 2 saturated heterocycles. The van der Waals surface area contributed by atoms with Crippen LogP contribution in [0.5, 0.6) is 0 Å². The molecule has 0 radical (unpaired) electrons. The molecule has 2 aromatic rings. The van der Waals surface area contributed by atoms with E-state index in [0.717, 1.165) is 4.90 Å². The average molecular weight is 336 g/mol. The summed E-state index contributed by atoms with van der Waals surface area (Å²) < 4.78 is 0. The number of carboxylic acids is 1. The Morgan fingerprint density at radius 3 is 2.20 bits per heavy atom. The van der Waals surface area contributed by atoms with Crippen LogP contribution in [0.25, 0.3) is 0 Å². The molecule has 2 aliphatic heterocycles. The predicted octanol–water partition coefficient (Wildman–Crippen LogP) is 1.38. The van der Waals surface area contributed by atoms with Gasteiger partial charge >= 0.3 is 5.97 Å². The van der Waals surface area contributed by atoms with Gasteiger partial charge in [0.2, 0.25) is 11.8 Å². The Hall–Kier alpha value is -2.99. The van der Waals surface area contributed by atoms with Gasteiger partial charge in [-0.3, -0.25) is 14.9 Å². The van der Waals surface area contributed by atoms with Crippen molar-refractivity contribution in [3.8, 4) is 0 Å². The van der Waals surface area contributed by atoms with Gasteiger partial charge in [-0.15, -0.1) is 0 Å². The molecule has 0 bridgehead atoms. The molecule has 6 heteroatoms. The highest BCUT2D eigenvalue weighted by molar-refractivity contribution is 6.24. The van der Waals surface area contributed by atoms with E-state index in [0.29, 0.717) is 11.3 Å². The van der Waals surface area contributed by atoms with E-state index in [1.54, 1.807) is 60.7 Å². The van der Waals surface area contributed by atoms with Crippen molar-refractivity contribution in [2.45, 2.75) is 5.54 Å². The molecule has 2 aromatic carbocycles. The summed E-state index contributed by atoms with van der Waals surface area (Å²) >= 11 is 0. The van der Waals surface area contributed by atoms with Crippen molar-refractivity contribution < 1.29 is 19.5 Å². The fourth-order valence-corrected chi connectivity index (χ4v) is 3.95. The van der Waals surface area contributed by atoms with Crippen LogP contribution in [0, 0.1) is 11.8 Å². The van der Waals surface area contributed by atoms with Gasteiger partial charge in [0.25, 0.3) is 0 Å². The number of carbonyl (C=O) groups excluding carboxylic acids is 2. The van der Waals surface area contributed by atoms with Gasteiger partial charge in [0, 0.05) is 6.54 Å². The minimum absolute atomic E-state index is 0.153. The van der Waals surface area contributed by atoms with Crippen molar-refractivity contribution in [2.75, 3.05) is 11.4 Å². The summed E-state index contributed by atoms with van der Waals surface area (Å²) in [5, 5.41) is 12.9. The number of imide groups is 1. The van der Waals surface area contributed by atoms with E-state index < -0.39 is 29.3 Å². The first-order valence-corrected chi connectivity index (χ1v) is 8.04. The van der Waals surface area contributed by atoms with Gasteiger partial charge in [-0.2, -0.15) is 0 Å². The molecule has 2 amide bonds. The number of benzene rings is 2. The summed E-state index contributed by atoms with van der Waals surface area (Å²) in [6.07, 6.45) is 0. The molecule has 0 aliphatic carbocycles. The lowest BCUT2D eigenvalue weighted by molar-refractivity contribution is -0.149. The number of rotatable bonds is 3. The largest absolute Gasteiger partial charge is 0.480 e. The number of carbonyl (C=O) groups is 3. The molecule has 2 aliphatic rings. The number of para-hydroxylation sites is 1. The number of aliphatic carboxylic acids is 1. The first kappa shape index (κ1) is 15.5. The highest BCUT2D eigenvalue weighted by atomic mass is 16.4. The van der Waals surface area contributed by atoms with E-state index in [2.05, 4.69) is 5.32 Å². The van der Waals surface area contributed by atoms with Crippen molar-refractivity contribution in [1.82, 2.24) is 5.32 Å². The lowest BCUT2D eigenvalue weighted by atomic mass is 9.76. The van der Waals surface area contributed by atoms with Gasteiger partial charge in [0.05, 0.1) is 17.5 Å². The number of hydrogen-bond acceptors (Lipinski definition) is 4. The fraction of sp³-hybridized carbons (Fsp3) is 0.211. The van der Waals surface area contributed by atoms with Crippen molar-refractivity contribution in [2.24, 2.45) is 11.8 Å². The molecule has 2 heterocycles. The summed E-state index contributed by atoms with van der Waals surface area (Å²) in [6, 6.07) is 17.2. The number of hydrogen-bond donors (Lipinski definition) is 2. The standard InChI is InChI=1S/C19H16N2O4/c22-16-14-11-20-19(18(24)25,12-7-3-1-4-8-12)15(14)17(23)21(16)13-9-5-2-6-10-13/h1-10,14-15,20H,11H2,(H,24,25)/t14-,15+,19+/m0/s1. The molecular formula is C19H16N2O4. The van der Waals surface area contributed by atoms with Crippen molar-refractivity contribution >= 4 is 23.5 Å². The minimum atomic E-state index is -1.60. The summed E-state index contributed by atoms with van der Waals surface area (Å²) in [4.78, 5) is 39.2.